The number of carbonyl (C=O) groups excluding carboxylic acids is 2. The summed E-state index contributed by atoms with van der Waals surface area (Å²) in [6.45, 7) is 6.13. The SMILES string of the molecule is CCCNc1cc(C)ccc1C(=O)N1CCNC(=O)C1. The Hall–Kier alpha value is -2.04. The third kappa shape index (κ3) is 3.29. The molecule has 108 valence electrons. The maximum atomic E-state index is 12.5. The summed E-state index contributed by atoms with van der Waals surface area (Å²) in [6.07, 6.45) is 0.994. The van der Waals surface area contributed by atoms with Crippen LogP contribution in [0.5, 0.6) is 0 Å². The van der Waals surface area contributed by atoms with E-state index in [4.69, 9.17) is 0 Å². The second-order valence-electron chi connectivity index (χ2n) is 5.05. The van der Waals surface area contributed by atoms with Crippen molar-refractivity contribution in [1.29, 1.82) is 0 Å². The standard InChI is InChI=1S/C15H21N3O2/c1-3-6-16-13-9-11(2)4-5-12(13)15(20)18-8-7-17-14(19)10-18/h4-5,9,16H,3,6-8,10H2,1-2H3,(H,17,19). The molecule has 0 radical (unpaired) electrons. The normalized spacial score (nSPS) is 14.9. The summed E-state index contributed by atoms with van der Waals surface area (Å²) in [5, 5.41) is 6.01. The number of benzene rings is 1. The van der Waals surface area contributed by atoms with E-state index in [1.807, 2.05) is 25.1 Å². The van der Waals surface area contributed by atoms with Crippen LogP contribution in [-0.4, -0.2) is 42.9 Å². The van der Waals surface area contributed by atoms with E-state index in [1.165, 1.54) is 0 Å². The van der Waals surface area contributed by atoms with Gasteiger partial charge in [-0.1, -0.05) is 13.0 Å². The van der Waals surface area contributed by atoms with Gasteiger partial charge in [0.15, 0.2) is 0 Å². The van der Waals surface area contributed by atoms with E-state index in [0.29, 0.717) is 18.7 Å². The number of aryl methyl sites for hydroxylation is 1. The van der Waals surface area contributed by atoms with E-state index in [-0.39, 0.29) is 18.4 Å². The van der Waals surface area contributed by atoms with Gasteiger partial charge in [-0.15, -0.1) is 0 Å². The van der Waals surface area contributed by atoms with Crippen LogP contribution in [-0.2, 0) is 4.79 Å². The number of amides is 2. The Labute approximate surface area is 119 Å². The highest BCUT2D eigenvalue weighted by Gasteiger charge is 2.23. The predicted octanol–water partition coefficient (Wildman–Crippen LogP) is 1.39. The molecule has 1 aromatic carbocycles. The Balaban J connectivity index is 2.21. The number of piperazine rings is 1. The van der Waals surface area contributed by atoms with Gasteiger partial charge in [0.2, 0.25) is 5.91 Å². The van der Waals surface area contributed by atoms with Crippen LogP contribution in [0.1, 0.15) is 29.3 Å². The molecule has 5 heteroatoms. The molecule has 1 saturated heterocycles. The Morgan fingerprint density at radius 1 is 1.45 bits per heavy atom. The molecule has 2 rings (SSSR count). The molecule has 0 atom stereocenters. The molecule has 1 heterocycles. The Morgan fingerprint density at radius 3 is 2.95 bits per heavy atom. The van der Waals surface area contributed by atoms with Crippen molar-refractivity contribution in [3.63, 3.8) is 0 Å². The molecule has 2 N–H and O–H groups in total. The summed E-state index contributed by atoms with van der Waals surface area (Å²) in [4.78, 5) is 25.5. The van der Waals surface area contributed by atoms with Gasteiger partial charge in [-0.05, 0) is 31.0 Å². The number of carbonyl (C=O) groups is 2. The number of rotatable bonds is 4. The lowest BCUT2D eigenvalue weighted by molar-refractivity contribution is -0.123. The van der Waals surface area contributed by atoms with Gasteiger partial charge in [0.05, 0.1) is 12.1 Å². The molecule has 0 spiro atoms. The summed E-state index contributed by atoms with van der Waals surface area (Å²) >= 11 is 0. The zero-order valence-corrected chi connectivity index (χ0v) is 12.0. The summed E-state index contributed by atoms with van der Waals surface area (Å²) < 4.78 is 0. The number of hydrogen-bond donors (Lipinski definition) is 2. The number of nitrogens with one attached hydrogen (secondary N) is 2. The van der Waals surface area contributed by atoms with Crippen molar-refractivity contribution in [2.24, 2.45) is 0 Å². The molecule has 0 saturated carbocycles. The van der Waals surface area contributed by atoms with Crippen LogP contribution < -0.4 is 10.6 Å². The predicted molar refractivity (Wildman–Crippen MR) is 78.9 cm³/mol. The molecule has 1 aliphatic heterocycles. The van der Waals surface area contributed by atoms with E-state index in [0.717, 1.165) is 24.2 Å². The van der Waals surface area contributed by atoms with Crippen LogP contribution in [0.2, 0.25) is 0 Å². The Kier molecular flexibility index (Phi) is 4.61. The minimum absolute atomic E-state index is 0.0848. The minimum atomic E-state index is -0.0974. The highest BCUT2D eigenvalue weighted by atomic mass is 16.2. The lowest BCUT2D eigenvalue weighted by Crippen LogP contribution is -2.50. The first kappa shape index (κ1) is 14.4. The van der Waals surface area contributed by atoms with Gasteiger partial charge < -0.3 is 15.5 Å². The molecule has 1 aromatic rings. The molecule has 1 fully saturated rings. The van der Waals surface area contributed by atoms with E-state index in [2.05, 4.69) is 17.6 Å². The number of anilines is 1. The monoisotopic (exact) mass is 275 g/mol. The molecule has 5 nitrogen and oxygen atoms in total. The molecular formula is C15H21N3O2. The average molecular weight is 275 g/mol. The summed E-state index contributed by atoms with van der Waals surface area (Å²) in [5.41, 5.74) is 2.60. The Bertz CT molecular complexity index is 514. The van der Waals surface area contributed by atoms with Gasteiger partial charge in [0.1, 0.15) is 0 Å². The first-order valence-electron chi connectivity index (χ1n) is 7.02. The maximum Gasteiger partial charge on any atom is 0.256 e. The van der Waals surface area contributed by atoms with Crippen molar-refractivity contribution >= 4 is 17.5 Å². The van der Waals surface area contributed by atoms with Gasteiger partial charge in [-0.2, -0.15) is 0 Å². The zero-order valence-electron chi connectivity index (χ0n) is 12.0. The number of hydrogen-bond acceptors (Lipinski definition) is 3. The lowest BCUT2D eigenvalue weighted by atomic mass is 10.1. The van der Waals surface area contributed by atoms with Crippen molar-refractivity contribution in [2.45, 2.75) is 20.3 Å². The minimum Gasteiger partial charge on any atom is -0.384 e. The van der Waals surface area contributed by atoms with Gasteiger partial charge in [-0.3, -0.25) is 9.59 Å². The third-order valence-corrected chi connectivity index (χ3v) is 3.30. The lowest BCUT2D eigenvalue weighted by Gasteiger charge is -2.27. The Morgan fingerprint density at radius 2 is 2.25 bits per heavy atom. The molecule has 2 amide bonds. The highest BCUT2D eigenvalue weighted by Crippen LogP contribution is 2.20. The molecule has 20 heavy (non-hydrogen) atoms. The van der Waals surface area contributed by atoms with E-state index in [9.17, 15) is 9.59 Å². The van der Waals surface area contributed by atoms with Crippen molar-refractivity contribution in [3.05, 3.63) is 29.3 Å². The van der Waals surface area contributed by atoms with Crippen LogP contribution in [0.25, 0.3) is 0 Å². The fourth-order valence-corrected chi connectivity index (χ4v) is 2.23. The topological polar surface area (TPSA) is 61.4 Å². The second-order valence-corrected chi connectivity index (χ2v) is 5.05. The van der Waals surface area contributed by atoms with Crippen LogP contribution in [0.4, 0.5) is 5.69 Å². The van der Waals surface area contributed by atoms with E-state index in [1.54, 1.807) is 4.90 Å². The molecule has 0 bridgehead atoms. The third-order valence-electron chi connectivity index (χ3n) is 3.30. The molecule has 0 unspecified atom stereocenters. The van der Waals surface area contributed by atoms with Crippen molar-refractivity contribution in [1.82, 2.24) is 10.2 Å². The average Bonchev–Trinajstić information content (AvgIpc) is 2.44. The van der Waals surface area contributed by atoms with Gasteiger partial charge in [-0.25, -0.2) is 0 Å². The molecule has 0 aromatic heterocycles. The van der Waals surface area contributed by atoms with E-state index < -0.39 is 0 Å². The second kappa shape index (κ2) is 6.41. The van der Waals surface area contributed by atoms with Crippen LogP contribution in [0, 0.1) is 6.92 Å². The fraction of sp³-hybridized carbons (Fsp3) is 0.467. The van der Waals surface area contributed by atoms with Gasteiger partial charge in [0.25, 0.3) is 5.91 Å². The molecule has 1 aliphatic rings. The quantitative estimate of drug-likeness (QED) is 0.873. The first-order valence-corrected chi connectivity index (χ1v) is 7.02. The van der Waals surface area contributed by atoms with E-state index >= 15 is 0 Å². The molecule has 0 aliphatic carbocycles. The van der Waals surface area contributed by atoms with Crippen molar-refractivity contribution in [3.8, 4) is 0 Å². The fourth-order valence-electron chi connectivity index (χ4n) is 2.23. The largest absolute Gasteiger partial charge is 0.384 e. The van der Waals surface area contributed by atoms with Crippen LogP contribution in [0.3, 0.4) is 0 Å². The van der Waals surface area contributed by atoms with Gasteiger partial charge >= 0.3 is 0 Å². The summed E-state index contributed by atoms with van der Waals surface area (Å²) in [5.74, 6) is -0.182. The van der Waals surface area contributed by atoms with Gasteiger partial charge in [0, 0.05) is 25.3 Å². The summed E-state index contributed by atoms with van der Waals surface area (Å²) in [6, 6.07) is 5.74. The van der Waals surface area contributed by atoms with Crippen molar-refractivity contribution < 1.29 is 9.59 Å². The maximum absolute atomic E-state index is 12.5. The van der Waals surface area contributed by atoms with Crippen LogP contribution in [0.15, 0.2) is 18.2 Å². The van der Waals surface area contributed by atoms with Crippen molar-refractivity contribution in [2.75, 3.05) is 31.5 Å². The van der Waals surface area contributed by atoms with Crippen LogP contribution >= 0.6 is 0 Å². The smallest absolute Gasteiger partial charge is 0.256 e. The summed E-state index contributed by atoms with van der Waals surface area (Å²) in [7, 11) is 0. The zero-order chi connectivity index (χ0) is 14.5. The number of nitrogens with zero attached hydrogens (tertiary/aromatic N) is 1. The first-order chi connectivity index (χ1) is 9.61. The molecular weight excluding hydrogens is 254 g/mol. The highest BCUT2D eigenvalue weighted by molar-refractivity contribution is 6.01.